The number of hydrogen-bond acceptors (Lipinski definition) is 8. The fourth-order valence-corrected chi connectivity index (χ4v) is 5.34. The van der Waals surface area contributed by atoms with E-state index in [2.05, 4.69) is 26.7 Å². The summed E-state index contributed by atoms with van der Waals surface area (Å²) in [7, 11) is 0. The predicted molar refractivity (Wildman–Crippen MR) is 140 cm³/mol. The fraction of sp³-hybridized carbons (Fsp3) is 0.429. The van der Waals surface area contributed by atoms with Crippen LogP contribution in [0.3, 0.4) is 0 Å². The van der Waals surface area contributed by atoms with Crippen LogP contribution < -0.4 is 16.2 Å². The van der Waals surface area contributed by atoms with Crippen molar-refractivity contribution in [2.45, 2.75) is 51.2 Å². The summed E-state index contributed by atoms with van der Waals surface area (Å²) in [6.07, 6.45) is 5.90. The van der Waals surface area contributed by atoms with E-state index in [1.165, 1.54) is 12.8 Å². The van der Waals surface area contributed by atoms with Crippen LogP contribution in [-0.4, -0.2) is 39.4 Å². The Balaban J connectivity index is 1.35. The van der Waals surface area contributed by atoms with Gasteiger partial charge in [0.2, 0.25) is 5.95 Å². The van der Waals surface area contributed by atoms with Gasteiger partial charge in [0.15, 0.2) is 0 Å². The molecule has 4 heterocycles. The molecule has 1 fully saturated rings. The molecule has 190 valence electrons. The number of nitriles is 1. The highest BCUT2D eigenvalue weighted by atomic mass is 16.5. The first-order valence-electron chi connectivity index (χ1n) is 12.9. The highest BCUT2D eigenvalue weighted by Crippen LogP contribution is 2.41. The van der Waals surface area contributed by atoms with Crippen molar-refractivity contribution in [3.8, 4) is 17.3 Å². The van der Waals surface area contributed by atoms with Crippen LogP contribution >= 0.6 is 0 Å². The summed E-state index contributed by atoms with van der Waals surface area (Å²) in [5.41, 5.74) is 5.51. The third kappa shape index (κ3) is 4.37. The molecule has 0 saturated heterocycles. The fourth-order valence-electron chi connectivity index (χ4n) is 5.34. The van der Waals surface area contributed by atoms with Crippen LogP contribution in [0, 0.1) is 17.2 Å². The van der Waals surface area contributed by atoms with Gasteiger partial charge in [0.1, 0.15) is 11.8 Å². The minimum atomic E-state index is -0.484. The van der Waals surface area contributed by atoms with Crippen molar-refractivity contribution in [1.29, 1.82) is 5.26 Å². The number of nitrogens with zero attached hydrogens (tertiary/aromatic N) is 4. The Bertz CT molecular complexity index is 1470. The summed E-state index contributed by atoms with van der Waals surface area (Å²) in [6.45, 7) is 4.32. The van der Waals surface area contributed by atoms with Gasteiger partial charge in [-0.2, -0.15) is 5.26 Å². The molecular formula is C28H30N6O3. The first-order chi connectivity index (χ1) is 18.0. The third-order valence-corrected chi connectivity index (χ3v) is 7.80. The summed E-state index contributed by atoms with van der Waals surface area (Å²) in [4.78, 5) is 22.5. The molecule has 3 aromatic rings. The largest absolute Gasteiger partial charge is 0.395 e. The van der Waals surface area contributed by atoms with Gasteiger partial charge in [-0.15, -0.1) is 0 Å². The normalized spacial score (nSPS) is 20.0. The van der Waals surface area contributed by atoms with E-state index in [0.29, 0.717) is 49.2 Å². The van der Waals surface area contributed by atoms with Crippen LogP contribution in [0.1, 0.15) is 48.6 Å². The van der Waals surface area contributed by atoms with Crippen molar-refractivity contribution < 1.29 is 9.84 Å². The Labute approximate surface area is 215 Å². The number of aromatic nitrogens is 3. The molecule has 2 aliphatic heterocycles. The van der Waals surface area contributed by atoms with Crippen LogP contribution in [0.5, 0.6) is 0 Å². The highest BCUT2D eigenvalue weighted by Gasteiger charge is 2.36. The van der Waals surface area contributed by atoms with E-state index in [9.17, 15) is 15.2 Å². The molecule has 37 heavy (non-hydrogen) atoms. The van der Waals surface area contributed by atoms with Gasteiger partial charge in [0.05, 0.1) is 36.8 Å². The van der Waals surface area contributed by atoms with Crippen molar-refractivity contribution in [2.75, 3.05) is 30.4 Å². The average molecular weight is 499 g/mol. The minimum Gasteiger partial charge on any atom is -0.395 e. The van der Waals surface area contributed by atoms with Gasteiger partial charge in [0, 0.05) is 42.4 Å². The van der Waals surface area contributed by atoms with E-state index in [1.54, 1.807) is 18.3 Å². The zero-order valence-corrected chi connectivity index (χ0v) is 20.9. The summed E-state index contributed by atoms with van der Waals surface area (Å²) >= 11 is 0. The minimum absolute atomic E-state index is 0.0348. The number of ether oxygens (including phenoxy) is 1. The molecule has 0 bridgehead atoms. The van der Waals surface area contributed by atoms with Crippen molar-refractivity contribution in [3.63, 3.8) is 0 Å². The Kier molecular flexibility index (Phi) is 5.94. The number of nitrogens with one attached hydrogen (secondary N) is 2. The molecule has 9 nitrogen and oxygen atoms in total. The summed E-state index contributed by atoms with van der Waals surface area (Å²) < 4.78 is 7.58. The lowest BCUT2D eigenvalue weighted by Crippen LogP contribution is -2.30. The lowest BCUT2D eigenvalue weighted by Gasteiger charge is -2.23. The number of anilines is 3. The van der Waals surface area contributed by atoms with E-state index in [0.717, 1.165) is 46.8 Å². The van der Waals surface area contributed by atoms with Gasteiger partial charge >= 0.3 is 0 Å². The second kappa shape index (κ2) is 9.29. The summed E-state index contributed by atoms with van der Waals surface area (Å²) in [5, 5.41) is 26.2. The smallest absolute Gasteiger partial charge is 0.274 e. The van der Waals surface area contributed by atoms with Crippen molar-refractivity contribution in [3.05, 3.63) is 63.2 Å². The number of rotatable bonds is 7. The lowest BCUT2D eigenvalue weighted by molar-refractivity contribution is 0.107. The molecule has 3 aliphatic rings. The quantitative estimate of drug-likeness (QED) is 0.452. The van der Waals surface area contributed by atoms with E-state index in [4.69, 9.17) is 4.74 Å². The zero-order chi connectivity index (χ0) is 25.6. The zero-order valence-electron chi connectivity index (χ0n) is 20.9. The topological polar surface area (TPSA) is 125 Å². The number of benzene rings is 1. The molecule has 2 aromatic heterocycles. The summed E-state index contributed by atoms with van der Waals surface area (Å²) in [6, 6.07) is 9.67. The van der Waals surface area contributed by atoms with Gasteiger partial charge in [0.25, 0.3) is 5.56 Å². The summed E-state index contributed by atoms with van der Waals surface area (Å²) in [5.74, 6) is 1.04. The van der Waals surface area contributed by atoms with Crippen LogP contribution in [0.4, 0.5) is 17.3 Å². The number of aliphatic hydroxyl groups is 1. The molecule has 0 radical (unpaired) electrons. The Morgan fingerprint density at radius 3 is 3.00 bits per heavy atom. The highest BCUT2D eigenvalue weighted by molar-refractivity contribution is 5.76. The molecule has 1 unspecified atom stereocenters. The second-order valence-electron chi connectivity index (χ2n) is 10.5. The van der Waals surface area contributed by atoms with E-state index in [-0.39, 0.29) is 12.2 Å². The molecule has 1 aromatic carbocycles. The maximum atomic E-state index is 13.5. The molecule has 3 N–H and O–H groups in total. The molecule has 0 amide bonds. The van der Waals surface area contributed by atoms with Crippen molar-refractivity contribution in [2.24, 2.45) is 5.92 Å². The van der Waals surface area contributed by atoms with E-state index >= 15 is 0 Å². The van der Waals surface area contributed by atoms with Crippen LogP contribution in [-0.2, 0) is 29.7 Å². The SMILES string of the molecule is CC1(CO)CNc2c(C#N)cc(-c3ccnc(Nc4cc5c(n(CCC6CC6)c4=O)CCOC5)n3)cc21. The van der Waals surface area contributed by atoms with Gasteiger partial charge in [-0.1, -0.05) is 19.8 Å². The maximum absolute atomic E-state index is 13.5. The van der Waals surface area contributed by atoms with Gasteiger partial charge < -0.3 is 25.0 Å². The lowest BCUT2D eigenvalue weighted by atomic mass is 9.83. The molecular weight excluding hydrogens is 468 g/mol. The number of aliphatic hydroxyl groups excluding tert-OH is 1. The van der Waals surface area contributed by atoms with E-state index in [1.807, 2.05) is 23.6 Å². The third-order valence-electron chi connectivity index (χ3n) is 7.80. The van der Waals surface area contributed by atoms with Gasteiger partial charge in [-0.25, -0.2) is 9.97 Å². The van der Waals surface area contributed by atoms with Gasteiger partial charge in [-0.3, -0.25) is 4.79 Å². The monoisotopic (exact) mass is 498 g/mol. The molecule has 1 saturated carbocycles. The molecule has 1 atom stereocenters. The maximum Gasteiger partial charge on any atom is 0.274 e. The second-order valence-corrected chi connectivity index (χ2v) is 10.5. The van der Waals surface area contributed by atoms with Gasteiger partial charge in [-0.05, 0) is 47.7 Å². The number of fused-ring (bicyclic) bond motifs is 2. The average Bonchev–Trinajstić information content (AvgIpc) is 3.70. The number of pyridine rings is 1. The van der Waals surface area contributed by atoms with E-state index < -0.39 is 5.41 Å². The standard InChI is InChI=1S/C28H30N6O3/c1-28(16-35)15-31-25-19(13-29)10-18(11-21(25)28)22-4-7-30-27(32-22)33-23-12-20-14-37-9-6-24(20)34(26(23)36)8-5-17-2-3-17/h4,7,10-12,17,31,35H,2-3,5-6,8-9,14-16H2,1H3,(H,30,32,33). The first kappa shape index (κ1) is 23.6. The molecule has 1 aliphatic carbocycles. The molecule has 9 heteroatoms. The van der Waals surface area contributed by atoms with Crippen molar-refractivity contribution in [1.82, 2.24) is 14.5 Å². The Hall–Kier alpha value is -3.74. The Morgan fingerprint density at radius 2 is 2.22 bits per heavy atom. The van der Waals surface area contributed by atoms with Crippen LogP contribution in [0.2, 0.25) is 0 Å². The number of hydrogen-bond donors (Lipinski definition) is 3. The molecule has 6 rings (SSSR count). The first-order valence-corrected chi connectivity index (χ1v) is 12.9. The molecule has 0 spiro atoms. The van der Waals surface area contributed by atoms with Crippen LogP contribution in [0.15, 0.2) is 35.3 Å². The van der Waals surface area contributed by atoms with Crippen LogP contribution in [0.25, 0.3) is 11.3 Å². The predicted octanol–water partition coefficient (Wildman–Crippen LogP) is 3.47. The van der Waals surface area contributed by atoms with Crippen molar-refractivity contribution >= 4 is 17.3 Å². The Morgan fingerprint density at radius 1 is 1.35 bits per heavy atom.